The Balaban J connectivity index is 2.04. The summed E-state index contributed by atoms with van der Waals surface area (Å²) >= 11 is 3.02. The van der Waals surface area contributed by atoms with E-state index in [1.807, 2.05) is 0 Å². The van der Waals surface area contributed by atoms with Gasteiger partial charge in [-0.1, -0.05) is 0 Å². The van der Waals surface area contributed by atoms with Crippen molar-refractivity contribution in [1.82, 2.24) is 10.3 Å². The van der Waals surface area contributed by atoms with Crippen LogP contribution in [0.1, 0.15) is 0 Å². The number of aromatic nitrogens is 1. The zero-order chi connectivity index (χ0) is 13.8. The summed E-state index contributed by atoms with van der Waals surface area (Å²) in [6, 6.07) is 3.17. The minimum atomic E-state index is -0.602. The normalized spacial score (nSPS) is 18.4. The number of hydrogen-bond donors (Lipinski definition) is 2. The molecule has 102 valence electrons. The van der Waals surface area contributed by atoms with Gasteiger partial charge in [0.05, 0.1) is 4.47 Å². The molecule has 0 saturated carbocycles. The Hall–Kier alpha value is -1.47. The molecule has 0 bridgehead atoms. The minimum Gasteiger partial charge on any atom is -0.366 e. The molecule has 2 N–H and O–H groups in total. The fourth-order valence-corrected chi connectivity index (χ4v) is 1.85. The molecule has 1 aliphatic rings. The molecule has 0 saturated heterocycles. The standard InChI is InChI=1S/C12H12BrF2N3O/c1-19-12-7(4-8(14)6-17-12)5-16-10-3-2-9(13)11(15)18-10/h2-4,6,12,17H,5H2,1H3,(H,16,18). The third-order valence-corrected chi connectivity index (χ3v) is 3.14. The molecule has 7 heteroatoms. The summed E-state index contributed by atoms with van der Waals surface area (Å²) in [6.45, 7) is 0.292. The second-order valence-corrected chi connectivity index (χ2v) is 4.71. The predicted molar refractivity (Wildman–Crippen MR) is 71.6 cm³/mol. The van der Waals surface area contributed by atoms with E-state index in [0.717, 1.165) is 0 Å². The van der Waals surface area contributed by atoms with Crippen LogP contribution >= 0.6 is 15.9 Å². The number of halogens is 3. The monoisotopic (exact) mass is 331 g/mol. The second kappa shape index (κ2) is 6.12. The summed E-state index contributed by atoms with van der Waals surface area (Å²) in [5, 5.41) is 5.67. The number of hydrogen-bond acceptors (Lipinski definition) is 4. The van der Waals surface area contributed by atoms with Gasteiger partial charge in [0.1, 0.15) is 11.6 Å². The van der Waals surface area contributed by atoms with Crippen molar-refractivity contribution in [2.45, 2.75) is 6.23 Å². The lowest BCUT2D eigenvalue weighted by Gasteiger charge is -2.22. The predicted octanol–water partition coefficient (Wildman–Crippen LogP) is 2.71. The maximum Gasteiger partial charge on any atom is 0.229 e. The summed E-state index contributed by atoms with van der Waals surface area (Å²) < 4.78 is 31.8. The Morgan fingerprint density at radius 2 is 2.26 bits per heavy atom. The van der Waals surface area contributed by atoms with Crippen molar-refractivity contribution in [2.24, 2.45) is 0 Å². The molecule has 0 radical (unpaired) electrons. The number of nitrogens with one attached hydrogen (secondary N) is 2. The van der Waals surface area contributed by atoms with E-state index in [4.69, 9.17) is 4.74 Å². The molecule has 0 fully saturated rings. The fourth-order valence-electron chi connectivity index (χ4n) is 1.63. The van der Waals surface area contributed by atoms with Gasteiger partial charge in [-0.3, -0.25) is 0 Å². The molecule has 0 aliphatic carbocycles. The Morgan fingerprint density at radius 3 is 2.95 bits per heavy atom. The van der Waals surface area contributed by atoms with E-state index < -0.39 is 12.2 Å². The van der Waals surface area contributed by atoms with Crippen LogP contribution in [0.3, 0.4) is 0 Å². The average Bonchev–Trinajstić information content (AvgIpc) is 2.40. The third kappa shape index (κ3) is 3.51. The van der Waals surface area contributed by atoms with Gasteiger partial charge in [0.25, 0.3) is 0 Å². The number of ether oxygens (including phenoxy) is 1. The van der Waals surface area contributed by atoms with Gasteiger partial charge >= 0.3 is 0 Å². The number of allylic oxidation sites excluding steroid dienone is 2. The molecule has 1 aliphatic heterocycles. The SMILES string of the molecule is COC1NC=C(F)C=C1CNc1ccc(Br)c(F)n1. The number of nitrogens with zero attached hydrogens (tertiary/aromatic N) is 1. The van der Waals surface area contributed by atoms with Crippen LogP contribution in [0.2, 0.25) is 0 Å². The van der Waals surface area contributed by atoms with Crippen molar-refractivity contribution in [2.75, 3.05) is 19.0 Å². The van der Waals surface area contributed by atoms with Crippen LogP contribution in [0.25, 0.3) is 0 Å². The highest BCUT2D eigenvalue weighted by atomic mass is 79.9. The van der Waals surface area contributed by atoms with Crippen LogP contribution in [0.4, 0.5) is 14.6 Å². The van der Waals surface area contributed by atoms with Crippen molar-refractivity contribution in [3.05, 3.63) is 46.2 Å². The molecule has 0 aromatic carbocycles. The smallest absolute Gasteiger partial charge is 0.229 e. The van der Waals surface area contributed by atoms with Gasteiger partial charge in [-0.15, -0.1) is 0 Å². The zero-order valence-corrected chi connectivity index (χ0v) is 11.7. The van der Waals surface area contributed by atoms with E-state index in [-0.39, 0.29) is 5.83 Å². The molecule has 4 nitrogen and oxygen atoms in total. The lowest BCUT2D eigenvalue weighted by atomic mass is 10.1. The summed E-state index contributed by atoms with van der Waals surface area (Å²) in [7, 11) is 1.51. The molecule has 1 atom stereocenters. The van der Waals surface area contributed by atoms with Gasteiger partial charge in [0.15, 0.2) is 6.23 Å². The van der Waals surface area contributed by atoms with Crippen LogP contribution < -0.4 is 10.6 Å². The second-order valence-electron chi connectivity index (χ2n) is 3.85. The third-order valence-electron chi connectivity index (χ3n) is 2.55. The van der Waals surface area contributed by atoms with Crippen LogP contribution in [0, 0.1) is 5.95 Å². The summed E-state index contributed by atoms with van der Waals surface area (Å²) in [6.07, 6.45) is 2.19. The lowest BCUT2D eigenvalue weighted by molar-refractivity contribution is 0.112. The van der Waals surface area contributed by atoms with Crippen LogP contribution in [0.15, 0.2) is 40.3 Å². The first kappa shape index (κ1) is 14.0. The first-order valence-corrected chi connectivity index (χ1v) is 6.30. The van der Waals surface area contributed by atoms with Crippen molar-refractivity contribution in [3.8, 4) is 0 Å². The van der Waals surface area contributed by atoms with Gasteiger partial charge in [0.2, 0.25) is 5.95 Å². The van der Waals surface area contributed by atoms with Crippen molar-refractivity contribution >= 4 is 21.7 Å². The first-order chi connectivity index (χ1) is 9.10. The summed E-state index contributed by atoms with van der Waals surface area (Å²) in [5.74, 6) is -0.624. The molecule has 2 rings (SSSR count). The molecular weight excluding hydrogens is 320 g/mol. The summed E-state index contributed by atoms with van der Waals surface area (Å²) in [5.41, 5.74) is 0.660. The molecule has 1 aromatic rings. The van der Waals surface area contributed by atoms with E-state index in [1.165, 1.54) is 19.4 Å². The van der Waals surface area contributed by atoms with Gasteiger partial charge in [-0.2, -0.15) is 4.39 Å². The van der Waals surface area contributed by atoms with Crippen LogP contribution in [-0.4, -0.2) is 24.9 Å². The Morgan fingerprint density at radius 1 is 1.47 bits per heavy atom. The highest BCUT2D eigenvalue weighted by Gasteiger charge is 2.16. The lowest BCUT2D eigenvalue weighted by Crippen LogP contribution is -2.34. The first-order valence-electron chi connectivity index (χ1n) is 5.51. The van der Waals surface area contributed by atoms with Gasteiger partial charge in [-0.05, 0) is 34.1 Å². The van der Waals surface area contributed by atoms with Gasteiger partial charge in [-0.25, -0.2) is 9.37 Å². The summed E-state index contributed by atoms with van der Waals surface area (Å²) in [4.78, 5) is 3.71. The van der Waals surface area contributed by atoms with Gasteiger partial charge < -0.3 is 15.4 Å². The van der Waals surface area contributed by atoms with E-state index in [1.54, 1.807) is 12.1 Å². The highest BCUT2D eigenvalue weighted by molar-refractivity contribution is 9.10. The Labute approximate surface area is 117 Å². The quantitative estimate of drug-likeness (QED) is 0.833. The largest absolute Gasteiger partial charge is 0.366 e. The minimum absolute atomic E-state index is 0.292. The van der Waals surface area contributed by atoms with Crippen molar-refractivity contribution in [3.63, 3.8) is 0 Å². The zero-order valence-electron chi connectivity index (χ0n) is 10.1. The van der Waals surface area contributed by atoms with Crippen molar-refractivity contribution < 1.29 is 13.5 Å². The highest BCUT2D eigenvalue weighted by Crippen LogP contribution is 2.18. The number of anilines is 1. The maximum atomic E-state index is 13.2. The topological polar surface area (TPSA) is 46.2 Å². The van der Waals surface area contributed by atoms with Crippen LogP contribution in [-0.2, 0) is 4.74 Å². The Kier molecular flexibility index (Phi) is 4.49. The molecule has 1 aromatic heterocycles. The maximum absolute atomic E-state index is 13.2. The van der Waals surface area contributed by atoms with E-state index >= 15 is 0 Å². The van der Waals surface area contributed by atoms with Gasteiger partial charge in [0, 0.05) is 25.4 Å². The fraction of sp³-hybridized carbons (Fsp3) is 0.250. The number of dihydropyridines is 1. The van der Waals surface area contributed by atoms with Crippen LogP contribution in [0.5, 0.6) is 0 Å². The number of methoxy groups -OCH3 is 1. The molecule has 0 spiro atoms. The average molecular weight is 332 g/mol. The number of pyridine rings is 1. The van der Waals surface area contributed by atoms with Crippen molar-refractivity contribution in [1.29, 1.82) is 0 Å². The Bertz CT molecular complexity index is 534. The van der Waals surface area contributed by atoms with E-state index in [0.29, 0.717) is 22.4 Å². The number of rotatable bonds is 4. The van der Waals surface area contributed by atoms with E-state index in [9.17, 15) is 8.78 Å². The molecular formula is C12H12BrF2N3O. The molecule has 19 heavy (non-hydrogen) atoms. The molecule has 2 heterocycles. The van der Waals surface area contributed by atoms with E-state index in [2.05, 4.69) is 31.5 Å². The molecule has 0 amide bonds. The molecule has 1 unspecified atom stereocenters.